The van der Waals surface area contributed by atoms with Crippen molar-refractivity contribution in [2.45, 2.75) is 19.9 Å². The lowest BCUT2D eigenvalue weighted by Crippen LogP contribution is -2.39. The topological polar surface area (TPSA) is 90.1 Å². The summed E-state index contributed by atoms with van der Waals surface area (Å²) in [5.41, 5.74) is 2.08. The van der Waals surface area contributed by atoms with Gasteiger partial charge in [-0.05, 0) is 43.2 Å². The van der Waals surface area contributed by atoms with Crippen LogP contribution < -0.4 is 19.6 Å². The van der Waals surface area contributed by atoms with E-state index >= 15 is 0 Å². The van der Waals surface area contributed by atoms with Crippen LogP contribution in [0.2, 0.25) is 0 Å². The first-order valence-electron chi connectivity index (χ1n) is 10.1. The summed E-state index contributed by atoms with van der Waals surface area (Å²) in [6.45, 7) is 3.98. The lowest BCUT2D eigenvalue weighted by molar-refractivity contribution is -0.136. The maximum absolute atomic E-state index is 13.5. The van der Waals surface area contributed by atoms with Gasteiger partial charge < -0.3 is 14.6 Å². The molecule has 0 spiro atoms. The minimum atomic E-state index is -0.638. The molecule has 0 aliphatic carbocycles. The maximum atomic E-state index is 13.5. The van der Waals surface area contributed by atoms with Crippen molar-refractivity contribution in [2.75, 3.05) is 13.7 Å². The second-order valence-corrected chi connectivity index (χ2v) is 8.15. The Morgan fingerprint density at radius 2 is 2.00 bits per heavy atom. The molecule has 0 unspecified atom stereocenters. The van der Waals surface area contributed by atoms with Gasteiger partial charge in [-0.1, -0.05) is 47.7 Å². The summed E-state index contributed by atoms with van der Waals surface area (Å²) in [7, 11) is 1.32. The van der Waals surface area contributed by atoms with Crippen molar-refractivity contribution >= 4 is 23.4 Å². The number of thiazole rings is 1. The number of hydrogen-bond donors (Lipinski definition) is 1. The molecule has 4 rings (SSSR count). The summed E-state index contributed by atoms with van der Waals surface area (Å²) in [5.74, 6) is -0.137. The van der Waals surface area contributed by atoms with Gasteiger partial charge >= 0.3 is 5.97 Å². The standard InChI is InChI=1S/C24H22N2O5S/c1-4-31-18-12-15(10-11-17(18)27)13-19-22(28)26-21(16-8-6-5-7-9-16)20(23(29)30-3)14(2)25-24(26)32-19/h5-13,21,27H,4H2,1-3H3/b19-13-/t21-/m0/s1. The van der Waals surface area contributed by atoms with Crippen molar-refractivity contribution in [3.63, 3.8) is 0 Å². The van der Waals surface area contributed by atoms with Crippen LogP contribution in [0.5, 0.6) is 11.5 Å². The molecule has 2 heterocycles. The van der Waals surface area contributed by atoms with Gasteiger partial charge in [0.1, 0.15) is 0 Å². The molecule has 1 aromatic heterocycles. The number of methoxy groups -OCH3 is 1. The molecular weight excluding hydrogens is 428 g/mol. The Hall–Kier alpha value is -3.65. The average Bonchev–Trinajstić information content (AvgIpc) is 3.09. The summed E-state index contributed by atoms with van der Waals surface area (Å²) in [5, 5.41) is 9.95. The van der Waals surface area contributed by atoms with Gasteiger partial charge in [0.2, 0.25) is 0 Å². The molecule has 0 radical (unpaired) electrons. The SMILES string of the molecule is CCOc1cc(/C=c2\sc3n(c2=O)[C@@H](c2ccccc2)C(C(=O)OC)=C(C)N=3)ccc1O. The zero-order valence-electron chi connectivity index (χ0n) is 17.9. The quantitative estimate of drug-likeness (QED) is 0.604. The molecule has 0 fully saturated rings. The Morgan fingerprint density at radius 1 is 1.25 bits per heavy atom. The number of allylic oxidation sites excluding steroid dienone is 1. The van der Waals surface area contributed by atoms with Crippen LogP contribution in [0.15, 0.2) is 69.6 Å². The number of carbonyl (C=O) groups is 1. The number of hydrogen-bond acceptors (Lipinski definition) is 7. The lowest BCUT2D eigenvalue weighted by Gasteiger charge is -2.24. The highest BCUT2D eigenvalue weighted by molar-refractivity contribution is 7.07. The van der Waals surface area contributed by atoms with Gasteiger partial charge in [-0.2, -0.15) is 0 Å². The Kier molecular flexibility index (Phi) is 5.96. The van der Waals surface area contributed by atoms with E-state index < -0.39 is 12.0 Å². The molecule has 7 nitrogen and oxygen atoms in total. The highest BCUT2D eigenvalue weighted by Crippen LogP contribution is 2.30. The number of carbonyl (C=O) groups excluding carboxylic acids is 1. The van der Waals surface area contributed by atoms with E-state index in [9.17, 15) is 14.7 Å². The van der Waals surface area contributed by atoms with E-state index in [4.69, 9.17) is 9.47 Å². The van der Waals surface area contributed by atoms with E-state index in [2.05, 4.69) is 4.99 Å². The smallest absolute Gasteiger partial charge is 0.338 e. The average molecular weight is 451 g/mol. The number of phenolic OH excluding ortho intramolecular Hbond substituents is 1. The predicted octanol–water partition coefficient (Wildman–Crippen LogP) is 2.51. The first kappa shape index (κ1) is 21.6. The third-order valence-corrected chi connectivity index (χ3v) is 6.11. The second kappa shape index (κ2) is 8.84. The fraction of sp³-hybridized carbons (Fsp3) is 0.208. The molecule has 164 valence electrons. The summed E-state index contributed by atoms with van der Waals surface area (Å²) in [6.07, 6.45) is 1.73. The summed E-state index contributed by atoms with van der Waals surface area (Å²) < 4.78 is 12.4. The number of benzene rings is 2. The number of esters is 1. The third kappa shape index (κ3) is 3.85. The van der Waals surface area contributed by atoms with E-state index in [-0.39, 0.29) is 11.3 Å². The molecular formula is C24H22N2O5S. The van der Waals surface area contributed by atoms with Crippen LogP contribution in [0, 0.1) is 0 Å². The molecule has 0 amide bonds. The van der Waals surface area contributed by atoms with E-state index in [1.807, 2.05) is 37.3 Å². The van der Waals surface area contributed by atoms with Crippen molar-refractivity contribution in [2.24, 2.45) is 4.99 Å². The zero-order valence-corrected chi connectivity index (χ0v) is 18.7. The van der Waals surface area contributed by atoms with Crippen molar-refractivity contribution < 1.29 is 19.4 Å². The zero-order chi connectivity index (χ0) is 22.8. The Balaban J connectivity index is 1.92. The fourth-order valence-electron chi connectivity index (χ4n) is 3.69. The van der Waals surface area contributed by atoms with Gasteiger partial charge in [0.25, 0.3) is 5.56 Å². The number of aromatic hydroxyl groups is 1. The van der Waals surface area contributed by atoms with Gasteiger partial charge in [0.05, 0.1) is 35.6 Å². The summed E-state index contributed by atoms with van der Waals surface area (Å²) >= 11 is 1.24. The van der Waals surface area contributed by atoms with Crippen LogP contribution in [-0.2, 0) is 9.53 Å². The van der Waals surface area contributed by atoms with E-state index in [0.717, 1.165) is 5.56 Å². The normalized spacial score (nSPS) is 15.8. The first-order chi connectivity index (χ1) is 15.4. The summed E-state index contributed by atoms with van der Waals surface area (Å²) in [6, 6.07) is 13.6. The molecule has 1 N–H and O–H groups in total. The number of phenols is 1. The minimum Gasteiger partial charge on any atom is -0.504 e. The largest absolute Gasteiger partial charge is 0.504 e. The molecule has 0 saturated heterocycles. The molecule has 32 heavy (non-hydrogen) atoms. The van der Waals surface area contributed by atoms with Crippen LogP contribution >= 0.6 is 11.3 Å². The van der Waals surface area contributed by atoms with Crippen molar-refractivity contribution in [1.82, 2.24) is 4.57 Å². The van der Waals surface area contributed by atoms with Gasteiger partial charge in [0, 0.05) is 0 Å². The molecule has 8 heteroatoms. The highest BCUT2D eigenvalue weighted by atomic mass is 32.1. The van der Waals surface area contributed by atoms with E-state index in [0.29, 0.717) is 38.5 Å². The number of aromatic nitrogens is 1. The number of fused-ring (bicyclic) bond motifs is 1. The summed E-state index contributed by atoms with van der Waals surface area (Å²) in [4.78, 5) is 31.1. The predicted molar refractivity (Wildman–Crippen MR) is 121 cm³/mol. The molecule has 0 bridgehead atoms. The highest BCUT2D eigenvalue weighted by Gasteiger charge is 2.32. The molecule has 3 aromatic rings. The van der Waals surface area contributed by atoms with Crippen LogP contribution in [0.3, 0.4) is 0 Å². The first-order valence-corrected chi connectivity index (χ1v) is 10.9. The fourth-order valence-corrected chi connectivity index (χ4v) is 4.73. The van der Waals surface area contributed by atoms with Crippen LogP contribution in [0.25, 0.3) is 6.08 Å². The van der Waals surface area contributed by atoms with E-state index in [1.165, 1.54) is 29.1 Å². The van der Waals surface area contributed by atoms with Crippen LogP contribution in [-0.4, -0.2) is 29.4 Å². The van der Waals surface area contributed by atoms with Gasteiger partial charge in [-0.25, -0.2) is 9.79 Å². The van der Waals surface area contributed by atoms with Crippen LogP contribution in [0.1, 0.15) is 31.0 Å². The van der Waals surface area contributed by atoms with Crippen molar-refractivity contribution in [3.8, 4) is 11.5 Å². The van der Waals surface area contributed by atoms with Crippen molar-refractivity contribution in [1.29, 1.82) is 0 Å². The monoisotopic (exact) mass is 450 g/mol. The van der Waals surface area contributed by atoms with Crippen molar-refractivity contribution in [3.05, 3.63) is 90.6 Å². The maximum Gasteiger partial charge on any atom is 0.338 e. The lowest BCUT2D eigenvalue weighted by atomic mass is 9.96. The Labute approximate surface area is 188 Å². The molecule has 2 aromatic carbocycles. The van der Waals surface area contributed by atoms with E-state index in [1.54, 1.807) is 25.1 Å². The van der Waals surface area contributed by atoms with Gasteiger partial charge in [0.15, 0.2) is 16.3 Å². The van der Waals surface area contributed by atoms with Gasteiger partial charge in [-0.3, -0.25) is 9.36 Å². The molecule has 1 aliphatic heterocycles. The van der Waals surface area contributed by atoms with Gasteiger partial charge in [-0.15, -0.1) is 0 Å². The third-order valence-electron chi connectivity index (χ3n) is 5.12. The number of rotatable bonds is 5. The second-order valence-electron chi connectivity index (χ2n) is 7.14. The minimum absolute atomic E-state index is 0.0351. The molecule has 1 aliphatic rings. The molecule has 0 saturated carbocycles. The Bertz CT molecular complexity index is 1390. The molecule has 1 atom stereocenters. The Morgan fingerprint density at radius 3 is 2.69 bits per heavy atom. The van der Waals surface area contributed by atoms with Crippen LogP contribution in [0.4, 0.5) is 0 Å². The number of ether oxygens (including phenoxy) is 2. The number of nitrogens with zero attached hydrogens (tertiary/aromatic N) is 2.